The van der Waals surface area contributed by atoms with E-state index in [2.05, 4.69) is 234 Å². The van der Waals surface area contributed by atoms with Gasteiger partial charge < -0.3 is 13.9 Å². The summed E-state index contributed by atoms with van der Waals surface area (Å²) in [4.78, 5) is 8.18. The molecule has 0 atom stereocenters. The van der Waals surface area contributed by atoms with Gasteiger partial charge in [0.25, 0.3) is 0 Å². The van der Waals surface area contributed by atoms with E-state index in [1.54, 1.807) is 0 Å². The Kier molecular flexibility index (Phi) is 7.77. The van der Waals surface area contributed by atoms with Crippen LogP contribution in [0.25, 0.3) is 66.6 Å². The van der Waals surface area contributed by atoms with E-state index in [9.17, 15) is 0 Å². The average molecular weight is 746 g/mol. The van der Waals surface area contributed by atoms with Crippen molar-refractivity contribution in [2.75, 3.05) is 4.81 Å². The maximum atomic E-state index is 5.75. The Morgan fingerprint density at radius 1 is 0.552 bits per heavy atom. The molecular weight excluding hydrogens is 705 g/mol. The van der Waals surface area contributed by atoms with Crippen LogP contribution in [0.4, 0.5) is 11.5 Å². The predicted octanol–water partition coefficient (Wildman–Crippen LogP) is 11.2. The van der Waals surface area contributed by atoms with Crippen LogP contribution in [0.2, 0.25) is 0 Å². The molecule has 7 aromatic carbocycles. The highest BCUT2D eigenvalue weighted by Crippen LogP contribution is 2.40. The smallest absolute Gasteiger partial charge is 0.354 e. The van der Waals surface area contributed by atoms with Crippen molar-refractivity contribution < 1.29 is 4.48 Å². The molecule has 0 aliphatic carbocycles. The lowest BCUT2D eigenvalue weighted by Gasteiger charge is -2.33. The third-order valence-corrected chi connectivity index (χ3v) is 11.7. The molecule has 0 fully saturated rings. The third kappa shape index (κ3) is 5.32. The van der Waals surface area contributed by atoms with Crippen molar-refractivity contribution in [2.24, 2.45) is 0 Å². The second-order valence-electron chi connectivity index (χ2n) is 16.2. The highest BCUT2D eigenvalue weighted by atomic mass is 15.3. The summed E-state index contributed by atoms with van der Waals surface area (Å²) in [5, 5.41) is 2.42. The number of para-hydroxylation sites is 5. The molecular formula is C52H40BN5. The summed E-state index contributed by atoms with van der Waals surface area (Å²) in [5.74, 6) is 1.73. The lowest BCUT2D eigenvalue weighted by atomic mass is 9.61. The van der Waals surface area contributed by atoms with Gasteiger partial charge in [-0.05, 0) is 69.6 Å². The number of pyridine rings is 1. The predicted molar refractivity (Wildman–Crippen MR) is 240 cm³/mol. The first-order chi connectivity index (χ1) is 28.4. The lowest BCUT2D eigenvalue weighted by molar-refractivity contribution is -0.511. The number of imidazole rings is 1. The second-order valence-corrected chi connectivity index (χ2v) is 16.2. The molecule has 58 heavy (non-hydrogen) atoms. The fraction of sp³-hybridized carbons (Fsp3) is 0.0769. The molecule has 0 spiro atoms. The number of fused-ring (bicyclic) bond motifs is 7. The van der Waals surface area contributed by atoms with Crippen molar-refractivity contribution >= 4 is 56.8 Å². The first-order valence-electron chi connectivity index (χ1n) is 20.0. The molecule has 0 unspecified atom stereocenters. The standard InChI is InChI=1S/C52H40BN5/c1-52(2,3)36-33-49(57-46-30-16-13-26-42(46)43-27-14-17-31-47(43)57)54-50(34-36)58(38-21-8-5-9-22-38)53-45-29-15-12-25-41(45)39-23-10-11-24-40(39)44-28-18-32-48-51(44)56(53)35-55(48)37-19-6-4-7-20-37/h4-34H,1-3H3. The van der Waals surface area contributed by atoms with Crippen LogP contribution in [0, 0.1) is 6.33 Å². The minimum Gasteiger partial charge on any atom is -0.354 e. The molecule has 0 saturated carbocycles. The molecule has 276 valence electrons. The fourth-order valence-electron chi connectivity index (χ4n) is 8.99. The summed E-state index contributed by atoms with van der Waals surface area (Å²) in [6.07, 6.45) is 3.95. The molecule has 1 aliphatic heterocycles. The molecule has 3 aromatic heterocycles. The van der Waals surface area contributed by atoms with Gasteiger partial charge in [0.05, 0.1) is 27.8 Å². The summed E-state index contributed by atoms with van der Waals surface area (Å²) in [6, 6.07) is 67.6. The normalized spacial score (nSPS) is 12.4. The lowest BCUT2D eigenvalue weighted by Crippen LogP contribution is -2.68. The van der Waals surface area contributed by atoms with E-state index in [0.29, 0.717) is 0 Å². The van der Waals surface area contributed by atoms with Gasteiger partial charge >= 0.3 is 6.98 Å². The van der Waals surface area contributed by atoms with Crippen molar-refractivity contribution in [1.82, 2.24) is 14.1 Å². The van der Waals surface area contributed by atoms with Gasteiger partial charge in [0, 0.05) is 21.9 Å². The zero-order chi connectivity index (χ0) is 39.0. The number of hydrogen-bond donors (Lipinski definition) is 0. The first kappa shape index (κ1) is 34.1. The number of anilines is 2. The van der Waals surface area contributed by atoms with E-state index < -0.39 is 6.98 Å². The van der Waals surface area contributed by atoms with Crippen molar-refractivity contribution in [2.45, 2.75) is 26.2 Å². The van der Waals surface area contributed by atoms with Gasteiger partial charge in [-0.25, -0.2) is 4.98 Å². The van der Waals surface area contributed by atoms with Crippen molar-refractivity contribution in [1.29, 1.82) is 0 Å². The quantitative estimate of drug-likeness (QED) is 0.130. The Bertz CT molecular complexity index is 3120. The first-order valence-corrected chi connectivity index (χ1v) is 20.0. The average Bonchev–Trinajstić information content (AvgIpc) is 3.82. The molecule has 6 heteroatoms. The summed E-state index contributed by atoms with van der Waals surface area (Å²) in [5.41, 5.74) is 13.4. The van der Waals surface area contributed by atoms with Crippen LogP contribution in [0.1, 0.15) is 26.3 Å². The third-order valence-electron chi connectivity index (χ3n) is 11.7. The highest BCUT2D eigenvalue weighted by molar-refractivity contribution is 6.72. The van der Waals surface area contributed by atoms with Crippen molar-refractivity contribution in [3.63, 3.8) is 0 Å². The summed E-state index contributed by atoms with van der Waals surface area (Å²) < 4.78 is 6.92. The van der Waals surface area contributed by atoms with Gasteiger partial charge in [-0.2, -0.15) is 0 Å². The SMILES string of the molecule is CC(C)(C)c1cc(N(B2c3ccccc3-c3ccccc3-c3cccc4c3[n+]2[c-]n4-c2ccccc2)c2ccccc2)nc(-n2c3ccccc3c3ccccc32)c1. The molecule has 10 aromatic rings. The van der Waals surface area contributed by atoms with Crippen LogP contribution in [0.5, 0.6) is 0 Å². The molecule has 4 heterocycles. The van der Waals surface area contributed by atoms with Crippen LogP contribution >= 0.6 is 0 Å². The molecule has 0 N–H and O–H groups in total. The maximum Gasteiger partial charge on any atom is 0.525 e. The van der Waals surface area contributed by atoms with E-state index in [1.165, 1.54) is 33.0 Å². The Balaban J connectivity index is 1.28. The number of rotatable bonds is 5. The minimum absolute atomic E-state index is 0.179. The summed E-state index contributed by atoms with van der Waals surface area (Å²) in [6.45, 7) is 6.48. The van der Waals surface area contributed by atoms with E-state index in [-0.39, 0.29) is 5.41 Å². The maximum absolute atomic E-state index is 5.75. The molecule has 0 radical (unpaired) electrons. The van der Waals surface area contributed by atoms with Crippen LogP contribution in [-0.2, 0) is 5.41 Å². The zero-order valence-corrected chi connectivity index (χ0v) is 32.7. The molecule has 0 saturated heterocycles. The van der Waals surface area contributed by atoms with Gasteiger partial charge in [0.1, 0.15) is 11.6 Å². The van der Waals surface area contributed by atoms with Crippen LogP contribution in [-0.4, -0.2) is 21.1 Å². The zero-order valence-electron chi connectivity index (χ0n) is 32.7. The van der Waals surface area contributed by atoms with E-state index in [0.717, 1.165) is 56.1 Å². The van der Waals surface area contributed by atoms with Gasteiger partial charge in [-0.1, -0.05) is 172 Å². The van der Waals surface area contributed by atoms with Crippen LogP contribution in [0.3, 0.4) is 0 Å². The van der Waals surface area contributed by atoms with Crippen LogP contribution < -0.4 is 14.8 Å². The van der Waals surface area contributed by atoms with Gasteiger partial charge in [0.2, 0.25) is 6.33 Å². The van der Waals surface area contributed by atoms with Crippen molar-refractivity contribution in [3.8, 4) is 33.8 Å². The van der Waals surface area contributed by atoms with E-state index in [4.69, 9.17) is 4.98 Å². The Morgan fingerprint density at radius 3 is 1.79 bits per heavy atom. The second kappa shape index (κ2) is 13.2. The Labute approximate surface area is 338 Å². The van der Waals surface area contributed by atoms with Crippen LogP contribution in [0.15, 0.2) is 188 Å². The Hall–Kier alpha value is -7.18. The minimum atomic E-state index is -0.394. The topological polar surface area (TPSA) is 29.9 Å². The number of hydrogen-bond acceptors (Lipinski definition) is 2. The highest BCUT2D eigenvalue weighted by Gasteiger charge is 2.41. The summed E-state index contributed by atoms with van der Waals surface area (Å²) >= 11 is 0. The van der Waals surface area contributed by atoms with E-state index >= 15 is 0 Å². The van der Waals surface area contributed by atoms with Gasteiger partial charge in [-0.3, -0.25) is 4.57 Å². The molecule has 1 aliphatic rings. The number of benzene rings is 7. The van der Waals surface area contributed by atoms with Crippen molar-refractivity contribution in [3.05, 3.63) is 200 Å². The molecule has 11 rings (SSSR count). The Morgan fingerprint density at radius 2 is 1.10 bits per heavy atom. The molecule has 5 nitrogen and oxygen atoms in total. The van der Waals surface area contributed by atoms with Gasteiger partial charge in [0.15, 0.2) is 0 Å². The largest absolute Gasteiger partial charge is 0.525 e. The number of aromatic nitrogens is 4. The van der Waals surface area contributed by atoms with Gasteiger partial charge in [-0.15, -0.1) is 0 Å². The van der Waals surface area contributed by atoms with E-state index in [1.807, 2.05) is 0 Å². The fourth-order valence-corrected chi connectivity index (χ4v) is 8.99. The molecule has 0 amide bonds. The summed E-state index contributed by atoms with van der Waals surface area (Å²) in [7, 11) is 0. The number of nitrogens with zero attached hydrogens (tertiary/aromatic N) is 5. The monoisotopic (exact) mass is 745 g/mol. The molecule has 0 bridgehead atoms.